The average Bonchev–Trinajstić information content (AvgIpc) is 3.16. The monoisotopic (exact) mass is 794 g/mol. The second-order valence-corrected chi connectivity index (χ2v) is 14.5. The molecule has 0 heterocycles. The third-order valence-electron chi connectivity index (χ3n) is 8.49. The van der Waals surface area contributed by atoms with Crippen LogP contribution in [0.5, 0.6) is 11.5 Å². The van der Waals surface area contributed by atoms with Crippen LogP contribution in [-0.4, -0.2) is 73.9 Å². The summed E-state index contributed by atoms with van der Waals surface area (Å²) in [6.07, 6.45) is 0. The van der Waals surface area contributed by atoms with Gasteiger partial charge in [-0.1, -0.05) is 121 Å². The molecule has 12 nitrogen and oxygen atoms in total. The summed E-state index contributed by atoms with van der Waals surface area (Å²) in [5, 5.41) is 41.2. The van der Waals surface area contributed by atoms with Gasteiger partial charge in [-0.2, -0.15) is 0 Å². The van der Waals surface area contributed by atoms with Crippen molar-refractivity contribution >= 4 is 124 Å². The quantitative estimate of drug-likeness (QED) is 0.0939. The van der Waals surface area contributed by atoms with Gasteiger partial charge >= 0.3 is 37.7 Å². The molecule has 0 unspecified atom stereocenters. The van der Waals surface area contributed by atoms with Crippen LogP contribution in [0.3, 0.4) is 0 Å². The predicted molar refractivity (Wildman–Crippen MR) is 209 cm³/mol. The second-order valence-electron chi connectivity index (χ2n) is 11.9. The molecule has 55 heavy (non-hydrogen) atoms. The van der Waals surface area contributed by atoms with E-state index < -0.39 is 30.0 Å². The molecule has 0 spiro atoms. The third kappa shape index (κ3) is 8.35. The molecule has 0 aromatic heterocycles. The number of phenols is 2. The maximum Gasteiger partial charge on any atom is 2.00 e. The van der Waals surface area contributed by atoms with Crippen LogP contribution >= 0.6 is 0 Å². The van der Waals surface area contributed by atoms with Crippen LogP contribution in [0.1, 0.15) is 0 Å². The van der Waals surface area contributed by atoms with Gasteiger partial charge in [0.05, 0.1) is 9.79 Å². The number of azo groups is 2. The average molecular weight is 795 g/mol. The first-order valence-corrected chi connectivity index (χ1v) is 18.9. The Kier molecular flexibility index (Phi) is 11.6. The number of aromatic hydroxyl groups is 2. The molecule has 0 atom stereocenters. The van der Waals surface area contributed by atoms with E-state index in [4.69, 9.17) is 0 Å². The van der Waals surface area contributed by atoms with E-state index in [0.717, 1.165) is 10.8 Å². The molecule has 0 radical (unpaired) electrons. The van der Waals surface area contributed by atoms with Gasteiger partial charge in [0.2, 0.25) is 0 Å². The van der Waals surface area contributed by atoms with E-state index in [9.17, 15) is 36.2 Å². The molecule has 0 aliphatic heterocycles. The maximum absolute atomic E-state index is 11.9. The van der Waals surface area contributed by atoms with E-state index in [1.54, 1.807) is 97.1 Å². The van der Waals surface area contributed by atoms with Crippen molar-refractivity contribution in [1.82, 2.24) is 0 Å². The number of benzene rings is 8. The Morgan fingerprint density at radius 3 is 1.02 bits per heavy atom. The molecule has 0 saturated carbocycles. The van der Waals surface area contributed by atoms with Gasteiger partial charge in [-0.05, 0) is 45.8 Å². The van der Waals surface area contributed by atoms with E-state index in [-0.39, 0.29) is 82.8 Å². The largest absolute Gasteiger partial charge is 2.00 e. The van der Waals surface area contributed by atoms with Gasteiger partial charge in [0, 0.05) is 21.5 Å². The van der Waals surface area contributed by atoms with Gasteiger partial charge in [-0.3, -0.25) is 0 Å². The van der Waals surface area contributed by atoms with E-state index >= 15 is 0 Å². The number of hydrogen-bond acceptors (Lipinski definition) is 12. The van der Waals surface area contributed by atoms with E-state index in [2.05, 4.69) is 20.5 Å². The standard InChI is InChI=1S/2C20H14N2O4S.Ca/c2*23-18-12-10-13-5-1-3-7-15(13)19(18)22-21-17-11-9-14-6-2-4-8-16(14)20(17)27(24,25)26;/h2*1-12,23H,(H,24,25,26);/q;;+2/p-2/b2*22-21+;. The zero-order chi connectivity index (χ0) is 38.0. The Morgan fingerprint density at radius 1 is 0.382 bits per heavy atom. The molecular weight excluding hydrogens is 769 g/mol. The van der Waals surface area contributed by atoms with Gasteiger partial charge in [0.1, 0.15) is 54.5 Å². The summed E-state index contributed by atoms with van der Waals surface area (Å²) in [5.74, 6) is -0.186. The van der Waals surface area contributed by atoms with Gasteiger partial charge in [0.15, 0.2) is 0 Å². The Hall–Kier alpha value is -5.32. The van der Waals surface area contributed by atoms with Crippen molar-refractivity contribution in [3.63, 3.8) is 0 Å². The molecular formula is C40H26CaN4O8S2. The summed E-state index contributed by atoms with van der Waals surface area (Å²) in [7, 11) is -9.57. The molecule has 0 bridgehead atoms. The van der Waals surface area contributed by atoms with Gasteiger partial charge in [-0.25, -0.2) is 16.8 Å². The summed E-state index contributed by atoms with van der Waals surface area (Å²) in [5.41, 5.74) is 0.262. The molecule has 8 aromatic rings. The molecule has 0 amide bonds. The van der Waals surface area contributed by atoms with Crippen molar-refractivity contribution in [2.75, 3.05) is 0 Å². The minimum absolute atomic E-state index is 0. The molecule has 2 N–H and O–H groups in total. The summed E-state index contributed by atoms with van der Waals surface area (Å²) in [6.45, 7) is 0. The predicted octanol–water partition coefficient (Wildman–Crippen LogP) is 9.66. The van der Waals surface area contributed by atoms with E-state index in [1.165, 1.54) is 24.3 Å². The normalized spacial score (nSPS) is 12.0. The molecule has 8 rings (SSSR count). The Morgan fingerprint density at radius 2 is 0.673 bits per heavy atom. The molecule has 268 valence electrons. The number of fused-ring (bicyclic) bond motifs is 4. The van der Waals surface area contributed by atoms with E-state index in [0.29, 0.717) is 21.5 Å². The van der Waals surface area contributed by atoms with Crippen molar-refractivity contribution in [3.05, 3.63) is 146 Å². The minimum Gasteiger partial charge on any atom is -0.744 e. The van der Waals surface area contributed by atoms with Crippen molar-refractivity contribution in [2.45, 2.75) is 9.79 Å². The Bertz CT molecular complexity index is 2840. The van der Waals surface area contributed by atoms with Crippen LogP contribution < -0.4 is 0 Å². The van der Waals surface area contributed by atoms with Crippen LogP contribution in [0.25, 0.3) is 43.1 Å². The molecule has 0 aliphatic rings. The SMILES string of the molecule is O=S(=O)([O-])c1c(/N=N/c2c(O)ccc3ccccc23)ccc2ccccc12.O=S(=O)([O-])c1c(/N=N/c2c(O)ccc3ccccc23)ccc2ccccc12.[Ca+2]. The van der Waals surface area contributed by atoms with E-state index in [1.807, 2.05) is 24.3 Å². The third-order valence-corrected chi connectivity index (χ3v) is 10.3. The molecule has 15 heteroatoms. The first-order valence-electron chi connectivity index (χ1n) is 16.1. The summed E-state index contributed by atoms with van der Waals surface area (Å²) in [6, 6.07) is 40.5. The second kappa shape index (κ2) is 16.2. The smallest absolute Gasteiger partial charge is 0.744 e. The topological polar surface area (TPSA) is 204 Å². The van der Waals surface area contributed by atoms with Crippen LogP contribution in [0, 0.1) is 0 Å². The molecule has 0 saturated heterocycles. The van der Waals surface area contributed by atoms with Crippen molar-refractivity contribution in [2.24, 2.45) is 20.5 Å². The summed E-state index contributed by atoms with van der Waals surface area (Å²) < 4.78 is 71.1. The zero-order valence-electron chi connectivity index (χ0n) is 28.5. The van der Waals surface area contributed by atoms with Crippen molar-refractivity contribution in [3.8, 4) is 11.5 Å². The number of hydrogen-bond donors (Lipinski definition) is 2. The van der Waals surface area contributed by atoms with Gasteiger partial charge in [-0.15, -0.1) is 20.5 Å². The van der Waals surface area contributed by atoms with Crippen LogP contribution in [0.15, 0.2) is 176 Å². The molecule has 0 fully saturated rings. The fraction of sp³-hybridized carbons (Fsp3) is 0. The Balaban J connectivity index is 0.000000184. The van der Waals surface area contributed by atoms with Crippen LogP contribution in [0.4, 0.5) is 22.7 Å². The Labute approximate surface area is 344 Å². The van der Waals surface area contributed by atoms with Crippen molar-refractivity contribution < 1.29 is 36.2 Å². The fourth-order valence-electron chi connectivity index (χ4n) is 6.05. The van der Waals surface area contributed by atoms with Crippen LogP contribution in [-0.2, 0) is 20.2 Å². The maximum atomic E-state index is 11.9. The van der Waals surface area contributed by atoms with Gasteiger partial charge in [0.25, 0.3) is 0 Å². The van der Waals surface area contributed by atoms with Gasteiger partial charge < -0.3 is 19.3 Å². The minimum atomic E-state index is -4.78. The number of phenolic OH excluding ortho intramolecular Hbond substituents is 2. The number of nitrogens with zero attached hydrogens (tertiary/aromatic N) is 4. The molecule has 0 aliphatic carbocycles. The molecule has 8 aromatic carbocycles. The first kappa shape index (κ1) is 39.4. The van der Waals surface area contributed by atoms with Crippen LogP contribution in [0.2, 0.25) is 0 Å². The number of rotatable bonds is 6. The summed E-state index contributed by atoms with van der Waals surface area (Å²) in [4.78, 5) is -0.854. The zero-order valence-corrected chi connectivity index (χ0v) is 32.4. The first-order chi connectivity index (χ1) is 25.9. The fourth-order valence-corrected chi connectivity index (χ4v) is 7.69. The summed E-state index contributed by atoms with van der Waals surface area (Å²) >= 11 is 0. The van der Waals surface area contributed by atoms with Crippen molar-refractivity contribution in [1.29, 1.82) is 0 Å².